The summed E-state index contributed by atoms with van der Waals surface area (Å²) in [5, 5.41) is 11.2. The number of nitro groups is 1. The summed E-state index contributed by atoms with van der Waals surface area (Å²) >= 11 is 0. The summed E-state index contributed by atoms with van der Waals surface area (Å²) < 4.78 is 0. The van der Waals surface area contributed by atoms with Crippen LogP contribution in [0.3, 0.4) is 0 Å². The van der Waals surface area contributed by atoms with Crippen LogP contribution >= 0.6 is 0 Å². The largest absolute Gasteiger partial charge is 0.328 e. The fourth-order valence-electron chi connectivity index (χ4n) is 3.12. The van der Waals surface area contributed by atoms with E-state index in [1.54, 1.807) is 25.2 Å². The first-order valence-corrected chi connectivity index (χ1v) is 8.44. The molecule has 1 aliphatic rings. The molecule has 0 spiro atoms. The molecule has 3 rings (SSSR count). The fourth-order valence-corrected chi connectivity index (χ4v) is 3.12. The van der Waals surface area contributed by atoms with E-state index in [-0.39, 0.29) is 28.8 Å². The topological polar surface area (TPSA) is 83.8 Å². The number of rotatable bonds is 4. The second-order valence-electron chi connectivity index (χ2n) is 6.36. The molecule has 7 heteroatoms. The highest BCUT2D eigenvalue weighted by atomic mass is 16.6. The summed E-state index contributed by atoms with van der Waals surface area (Å²) in [6.07, 6.45) is 1.80. The lowest BCUT2D eigenvalue weighted by Gasteiger charge is -2.38. The lowest BCUT2D eigenvalue weighted by molar-refractivity contribution is -0.385. The van der Waals surface area contributed by atoms with Crippen LogP contribution in [0.4, 0.5) is 5.69 Å². The summed E-state index contributed by atoms with van der Waals surface area (Å²) in [5.41, 5.74) is 1.23. The number of para-hydroxylation sites is 1. The molecule has 138 valence electrons. The summed E-state index contributed by atoms with van der Waals surface area (Å²) in [7, 11) is 3.10. The van der Waals surface area contributed by atoms with E-state index in [0.717, 1.165) is 5.56 Å². The SMILES string of the molecule is CN1C(=O)C(Cc2ccccc2)N(C)C(=O)/C1=C/c1ccccc1[N+](=O)[O-]. The zero-order chi connectivity index (χ0) is 19.6. The van der Waals surface area contributed by atoms with Gasteiger partial charge in [0.05, 0.1) is 10.5 Å². The van der Waals surface area contributed by atoms with Crippen molar-refractivity contribution in [1.29, 1.82) is 0 Å². The van der Waals surface area contributed by atoms with Gasteiger partial charge in [0.2, 0.25) is 5.91 Å². The van der Waals surface area contributed by atoms with E-state index in [4.69, 9.17) is 0 Å². The second-order valence-corrected chi connectivity index (χ2v) is 6.36. The van der Waals surface area contributed by atoms with E-state index < -0.39 is 11.0 Å². The smallest absolute Gasteiger partial charge is 0.276 e. The third kappa shape index (κ3) is 3.57. The molecule has 1 heterocycles. The van der Waals surface area contributed by atoms with E-state index in [1.165, 1.54) is 29.0 Å². The highest BCUT2D eigenvalue weighted by molar-refractivity contribution is 6.07. The Balaban J connectivity index is 1.94. The zero-order valence-electron chi connectivity index (χ0n) is 15.0. The fraction of sp³-hybridized carbons (Fsp3) is 0.200. The van der Waals surface area contributed by atoms with Crippen molar-refractivity contribution in [3.63, 3.8) is 0 Å². The van der Waals surface area contributed by atoms with Crippen LogP contribution in [-0.4, -0.2) is 46.7 Å². The normalized spacial score (nSPS) is 18.9. The highest BCUT2D eigenvalue weighted by Crippen LogP contribution is 2.26. The van der Waals surface area contributed by atoms with Crippen molar-refractivity contribution in [3.05, 3.63) is 81.5 Å². The third-order valence-corrected chi connectivity index (χ3v) is 4.68. The van der Waals surface area contributed by atoms with Crippen LogP contribution in [0.15, 0.2) is 60.3 Å². The Kier molecular flexibility index (Phi) is 5.03. The van der Waals surface area contributed by atoms with Crippen molar-refractivity contribution in [2.45, 2.75) is 12.5 Å². The lowest BCUT2D eigenvalue weighted by atomic mass is 10.00. The van der Waals surface area contributed by atoms with Crippen LogP contribution in [0.2, 0.25) is 0 Å². The van der Waals surface area contributed by atoms with Crippen LogP contribution in [0.25, 0.3) is 6.08 Å². The number of benzene rings is 2. The summed E-state index contributed by atoms with van der Waals surface area (Å²) in [4.78, 5) is 39.1. The predicted molar refractivity (Wildman–Crippen MR) is 101 cm³/mol. The number of carbonyl (C=O) groups excluding carboxylic acids is 2. The van der Waals surface area contributed by atoms with Crippen molar-refractivity contribution < 1.29 is 14.5 Å². The molecule has 0 saturated carbocycles. The van der Waals surface area contributed by atoms with Crippen molar-refractivity contribution in [1.82, 2.24) is 9.80 Å². The number of hydrogen-bond donors (Lipinski definition) is 0. The van der Waals surface area contributed by atoms with E-state index in [1.807, 2.05) is 30.3 Å². The summed E-state index contributed by atoms with van der Waals surface area (Å²) in [5.74, 6) is -0.582. The molecule has 2 aromatic rings. The maximum atomic E-state index is 12.9. The summed E-state index contributed by atoms with van der Waals surface area (Å²) in [6.45, 7) is 0. The van der Waals surface area contributed by atoms with Crippen LogP contribution < -0.4 is 0 Å². The first-order chi connectivity index (χ1) is 12.9. The molecule has 2 aromatic carbocycles. The van der Waals surface area contributed by atoms with Crippen LogP contribution in [-0.2, 0) is 16.0 Å². The van der Waals surface area contributed by atoms with Crippen molar-refractivity contribution >= 4 is 23.6 Å². The molecule has 0 radical (unpaired) electrons. The number of amides is 2. The Labute approximate surface area is 156 Å². The van der Waals surface area contributed by atoms with E-state index in [2.05, 4.69) is 0 Å². The average molecular weight is 365 g/mol. The van der Waals surface area contributed by atoms with Crippen molar-refractivity contribution in [2.24, 2.45) is 0 Å². The minimum atomic E-state index is -0.618. The number of piperazine rings is 1. The van der Waals surface area contributed by atoms with Gasteiger partial charge in [-0.1, -0.05) is 42.5 Å². The Morgan fingerprint density at radius 3 is 2.33 bits per heavy atom. The molecule has 0 aliphatic carbocycles. The van der Waals surface area contributed by atoms with Crippen LogP contribution in [0.5, 0.6) is 0 Å². The molecule has 1 atom stereocenters. The quantitative estimate of drug-likeness (QED) is 0.473. The monoisotopic (exact) mass is 365 g/mol. The van der Waals surface area contributed by atoms with Crippen molar-refractivity contribution in [2.75, 3.05) is 14.1 Å². The molecule has 27 heavy (non-hydrogen) atoms. The van der Waals surface area contributed by atoms with Gasteiger partial charge in [0.15, 0.2) is 0 Å². The number of nitrogens with zero attached hydrogens (tertiary/aromatic N) is 3. The van der Waals surface area contributed by atoms with Crippen LogP contribution in [0.1, 0.15) is 11.1 Å². The Morgan fingerprint density at radius 1 is 1.04 bits per heavy atom. The molecule has 0 N–H and O–H groups in total. The maximum absolute atomic E-state index is 12.9. The predicted octanol–water partition coefficient (Wildman–Crippen LogP) is 2.48. The van der Waals surface area contributed by atoms with E-state index >= 15 is 0 Å². The molecule has 0 aromatic heterocycles. The second kappa shape index (κ2) is 7.41. The molecule has 2 amide bonds. The Bertz CT molecular complexity index is 924. The minimum Gasteiger partial charge on any atom is -0.328 e. The average Bonchev–Trinajstić information content (AvgIpc) is 2.68. The maximum Gasteiger partial charge on any atom is 0.276 e. The van der Waals surface area contributed by atoms with E-state index in [9.17, 15) is 19.7 Å². The van der Waals surface area contributed by atoms with E-state index in [0.29, 0.717) is 6.42 Å². The summed E-state index contributed by atoms with van der Waals surface area (Å²) in [6, 6.07) is 15.0. The molecule has 1 unspecified atom stereocenters. The Morgan fingerprint density at radius 2 is 1.67 bits per heavy atom. The van der Waals surface area contributed by atoms with Gasteiger partial charge in [-0.3, -0.25) is 19.7 Å². The molecular formula is C20H19N3O4. The minimum absolute atomic E-state index is 0.112. The van der Waals surface area contributed by atoms with Gasteiger partial charge in [0.1, 0.15) is 11.7 Å². The van der Waals surface area contributed by atoms with Gasteiger partial charge in [-0.05, 0) is 17.7 Å². The first kappa shape index (κ1) is 18.3. The van der Waals surface area contributed by atoms with Gasteiger partial charge in [-0.15, -0.1) is 0 Å². The zero-order valence-corrected chi connectivity index (χ0v) is 15.0. The van der Waals surface area contributed by atoms with Gasteiger partial charge in [-0.2, -0.15) is 0 Å². The number of nitro benzene ring substituents is 1. The molecular weight excluding hydrogens is 346 g/mol. The number of likely N-dealkylation sites (N-methyl/N-ethyl adjacent to an activating group) is 2. The number of hydrogen-bond acceptors (Lipinski definition) is 4. The Hall–Kier alpha value is -3.48. The molecule has 1 saturated heterocycles. The molecule has 0 bridgehead atoms. The lowest BCUT2D eigenvalue weighted by Crippen LogP contribution is -2.56. The third-order valence-electron chi connectivity index (χ3n) is 4.68. The van der Waals surface area contributed by atoms with Gasteiger partial charge >= 0.3 is 0 Å². The van der Waals surface area contributed by atoms with Crippen molar-refractivity contribution in [3.8, 4) is 0 Å². The molecule has 1 fully saturated rings. The van der Waals surface area contributed by atoms with Gasteiger partial charge in [0.25, 0.3) is 11.6 Å². The van der Waals surface area contributed by atoms with Crippen LogP contribution in [0, 0.1) is 10.1 Å². The molecule has 7 nitrogen and oxygen atoms in total. The standard InChI is InChI=1S/C20H19N3O4/c1-21-17(12-14-8-4-3-5-9-14)19(24)22(2)18(20(21)25)13-15-10-6-7-11-16(15)23(26)27/h3-11,13,17H,12H2,1-2H3/b18-13-. The first-order valence-electron chi connectivity index (χ1n) is 8.44. The van der Waals surface area contributed by atoms with Gasteiger partial charge < -0.3 is 9.80 Å². The highest BCUT2D eigenvalue weighted by Gasteiger charge is 2.39. The van der Waals surface area contributed by atoms with Gasteiger partial charge in [-0.25, -0.2) is 0 Å². The molecule has 1 aliphatic heterocycles. The van der Waals surface area contributed by atoms with Gasteiger partial charge in [0, 0.05) is 26.6 Å². The number of carbonyl (C=O) groups is 2.